The van der Waals surface area contributed by atoms with Crippen LogP contribution >= 0.6 is 23.2 Å². The van der Waals surface area contributed by atoms with Gasteiger partial charge in [0.1, 0.15) is 6.34 Å². The van der Waals surface area contributed by atoms with Crippen LogP contribution in [0.4, 0.5) is 18.9 Å². The average Bonchev–Trinajstić information content (AvgIpc) is 2.64. The standard InChI is InChI=1S/C20H16Cl2F3N3O/c1-26-12-28(27-2)19-6-4-13(7-15(19)11-29)3-5-18(20(23,24)25)14-8-16(21)10-17(22)9-14/h3-12,18H,2H2,1H3/b5-3+,26-12?. The van der Waals surface area contributed by atoms with E-state index >= 15 is 0 Å². The second kappa shape index (κ2) is 9.71. The van der Waals surface area contributed by atoms with Gasteiger partial charge in [-0.25, -0.2) is 5.01 Å². The normalized spacial score (nSPS) is 13.0. The SMILES string of the molecule is C=NN(C=NC)c1ccc(/C=C/C(c2cc(Cl)cc(Cl)c2)C(F)(F)F)cc1C=O. The summed E-state index contributed by atoms with van der Waals surface area (Å²) in [6, 6.07) is 8.33. The van der Waals surface area contributed by atoms with Crippen LogP contribution in [0.3, 0.4) is 0 Å². The molecule has 0 saturated heterocycles. The Morgan fingerprint density at radius 2 is 1.79 bits per heavy atom. The summed E-state index contributed by atoms with van der Waals surface area (Å²) in [5.41, 5.74) is 0.927. The number of hydrogen-bond acceptors (Lipinski definition) is 3. The third-order valence-corrected chi connectivity index (χ3v) is 4.32. The lowest BCUT2D eigenvalue weighted by Crippen LogP contribution is -2.19. The second-order valence-corrected chi connectivity index (χ2v) is 6.75. The summed E-state index contributed by atoms with van der Waals surface area (Å²) in [4.78, 5) is 15.2. The molecule has 2 aromatic carbocycles. The fourth-order valence-electron chi connectivity index (χ4n) is 2.64. The van der Waals surface area contributed by atoms with Crippen molar-refractivity contribution in [3.63, 3.8) is 0 Å². The van der Waals surface area contributed by atoms with Gasteiger partial charge in [0.15, 0.2) is 6.29 Å². The Morgan fingerprint density at radius 3 is 2.31 bits per heavy atom. The van der Waals surface area contributed by atoms with Gasteiger partial charge in [0.25, 0.3) is 0 Å². The Balaban J connectivity index is 2.43. The van der Waals surface area contributed by atoms with Gasteiger partial charge in [-0.1, -0.05) is 41.4 Å². The van der Waals surface area contributed by atoms with E-state index in [0.29, 0.717) is 17.5 Å². The number of allylic oxidation sites excluding steroid dienone is 1. The van der Waals surface area contributed by atoms with Crippen molar-refractivity contribution in [2.75, 3.05) is 12.1 Å². The number of aliphatic imine (C=N–C) groups is 1. The number of rotatable bonds is 7. The van der Waals surface area contributed by atoms with Gasteiger partial charge >= 0.3 is 6.18 Å². The first-order chi connectivity index (χ1) is 13.7. The van der Waals surface area contributed by atoms with Gasteiger partial charge in [-0.2, -0.15) is 18.3 Å². The molecule has 0 aliphatic heterocycles. The fraction of sp³-hybridized carbons (Fsp3) is 0.150. The van der Waals surface area contributed by atoms with Gasteiger partial charge in [0, 0.05) is 29.4 Å². The maximum atomic E-state index is 13.6. The number of halogens is 5. The molecule has 152 valence electrons. The minimum Gasteiger partial charge on any atom is -0.298 e. The summed E-state index contributed by atoms with van der Waals surface area (Å²) in [6.07, 6.45) is -0.356. The summed E-state index contributed by atoms with van der Waals surface area (Å²) in [5, 5.41) is 5.23. The molecule has 4 nitrogen and oxygen atoms in total. The predicted octanol–water partition coefficient (Wildman–Crippen LogP) is 6.25. The maximum Gasteiger partial charge on any atom is 0.399 e. The molecule has 2 aromatic rings. The Hall–Kier alpha value is -2.64. The Morgan fingerprint density at radius 1 is 1.14 bits per heavy atom. The van der Waals surface area contributed by atoms with E-state index in [1.807, 2.05) is 0 Å². The Bertz CT molecular complexity index is 938. The first kappa shape index (κ1) is 22.6. The molecule has 1 atom stereocenters. The molecule has 0 bridgehead atoms. The van der Waals surface area contributed by atoms with Crippen molar-refractivity contribution >= 4 is 54.3 Å². The van der Waals surface area contributed by atoms with Crippen LogP contribution in [-0.4, -0.2) is 32.6 Å². The number of hydrogen-bond donors (Lipinski definition) is 0. The highest BCUT2D eigenvalue weighted by atomic mass is 35.5. The van der Waals surface area contributed by atoms with E-state index in [-0.39, 0.29) is 21.2 Å². The van der Waals surface area contributed by atoms with Crippen molar-refractivity contribution in [3.8, 4) is 0 Å². The van der Waals surface area contributed by atoms with Gasteiger partial charge in [-0.05, 0) is 41.5 Å². The van der Waals surface area contributed by atoms with Crippen LogP contribution in [0.25, 0.3) is 6.08 Å². The average molecular weight is 442 g/mol. The van der Waals surface area contributed by atoms with Gasteiger partial charge in [0.2, 0.25) is 0 Å². The first-order valence-electron chi connectivity index (χ1n) is 8.18. The molecule has 0 saturated carbocycles. The molecule has 0 N–H and O–H groups in total. The van der Waals surface area contributed by atoms with Crippen molar-refractivity contribution in [2.45, 2.75) is 12.1 Å². The number of hydrazone groups is 1. The zero-order chi connectivity index (χ0) is 21.6. The van der Waals surface area contributed by atoms with E-state index in [1.165, 1.54) is 48.7 Å². The van der Waals surface area contributed by atoms with E-state index in [4.69, 9.17) is 23.2 Å². The lowest BCUT2D eigenvalue weighted by molar-refractivity contribution is -0.139. The minimum atomic E-state index is -4.56. The van der Waals surface area contributed by atoms with Gasteiger partial charge in [0.05, 0.1) is 11.6 Å². The molecule has 0 aliphatic rings. The molecule has 1 unspecified atom stereocenters. The largest absolute Gasteiger partial charge is 0.399 e. The Kier molecular flexibility index (Phi) is 7.59. The third kappa shape index (κ3) is 5.92. The van der Waals surface area contributed by atoms with E-state index in [0.717, 1.165) is 6.08 Å². The molecule has 0 aliphatic carbocycles. The van der Waals surface area contributed by atoms with Crippen molar-refractivity contribution in [2.24, 2.45) is 10.1 Å². The van der Waals surface area contributed by atoms with Crippen LogP contribution in [-0.2, 0) is 0 Å². The van der Waals surface area contributed by atoms with Gasteiger partial charge in [-0.3, -0.25) is 9.79 Å². The van der Waals surface area contributed by atoms with Crippen LogP contribution in [0, 0.1) is 0 Å². The molecule has 0 amide bonds. The molecular formula is C20H16Cl2F3N3O. The summed E-state index contributed by atoms with van der Waals surface area (Å²) in [7, 11) is 1.52. The smallest absolute Gasteiger partial charge is 0.298 e. The van der Waals surface area contributed by atoms with E-state index in [1.54, 1.807) is 12.1 Å². The number of alkyl halides is 3. The molecule has 2 rings (SSSR count). The summed E-state index contributed by atoms with van der Waals surface area (Å²) < 4.78 is 40.8. The topological polar surface area (TPSA) is 45.0 Å². The molecule has 0 radical (unpaired) electrons. The quantitative estimate of drug-likeness (QED) is 0.220. The van der Waals surface area contributed by atoms with E-state index in [2.05, 4.69) is 16.8 Å². The van der Waals surface area contributed by atoms with Crippen LogP contribution < -0.4 is 5.01 Å². The summed E-state index contributed by atoms with van der Waals surface area (Å²) >= 11 is 11.7. The lowest BCUT2D eigenvalue weighted by atomic mass is 9.96. The number of carbonyl (C=O) groups excluding carboxylic acids is 1. The molecular weight excluding hydrogens is 426 g/mol. The third-order valence-electron chi connectivity index (χ3n) is 3.88. The Labute approximate surface area is 176 Å². The highest BCUT2D eigenvalue weighted by Gasteiger charge is 2.39. The molecule has 0 heterocycles. The van der Waals surface area contributed by atoms with Gasteiger partial charge < -0.3 is 0 Å². The minimum absolute atomic E-state index is 0.0836. The summed E-state index contributed by atoms with van der Waals surface area (Å²) in [5.74, 6) is -1.92. The van der Waals surface area contributed by atoms with Crippen LogP contribution in [0.1, 0.15) is 27.4 Å². The zero-order valence-electron chi connectivity index (χ0n) is 15.2. The molecule has 0 spiro atoms. The molecule has 9 heteroatoms. The fourth-order valence-corrected chi connectivity index (χ4v) is 3.18. The highest BCUT2D eigenvalue weighted by molar-refractivity contribution is 6.34. The van der Waals surface area contributed by atoms with Crippen LogP contribution in [0.15, 0.2) is 52.6 Å². The van der Waals surface area contributed by atoms with Crippen molar-refractivity contribution in [1.82, 2.24) is 0 Å². The van der Waals surface area contributed by atoms with Crippen molar-refractivity contribution in [1.29, 1.82) is 0 Å². The molecule has 29 heavy (non-hydrogen) atoms. The van der Waals surface area contributed by atoms with Crippen molar-refractivity contribution in [3.05, 3.63) is 69.2 Å². The van der Waals surface area contributed by atoms with Crippen LogP contribution in [0.5, 0.6) is 0 Å². The maximum absolute atomic E-state index is 13.6. The van der Waals surface area contributed by atoms with E-state index in [9.17, 15) is 18.0 Å². The zero-order valence-corrected chi connectivity index (χ0v) is 16.7. The number of anilines is 1. The summed E-state index contributed by atoms with van der Waals surface area (Å²) in [6.45, 7) is 3.40. The number of aldehydes is 1. The number of benzene rings is 2. The highest BCUT2D eigenvalue weighted by Crippen LogP contribution is 2.38. The monoisotopic (exact) mass is 441 g/mol. The molecule has 0 fully saturated rings. The van der Waals surface area contributed by atoms with Crippen molar-refractivity contribution < 1.29 is 18.0 Å². The van der Waals surface area contributed by atoms with Crippen LogP contribution in [0.2, 0.25) is 10.0 Å². The molecule has 0 aromatic heterocycles. The first-order valence-corrected chi connectivity index (χ1v) is 8.93. The second-order valence-electron chi connectivity index (χ2n) is 5.88. The van der Waals surface area contributed by atoms with E-state index < -0.39 is 12.1 Å². The lowest BCUT2D eigenvalue weighted by Gasteiger charge is -2.18. The number of carbonyl (C=O) groups is 1. The number of nitrogens with zero attached hydrogens (tertiary/aromatic N) is 3. The van der Waals surface area contributed by atoms with Gasteiger partial charge in [-0.15, -0.1) is 0 Å². The predicted molar refractivity (Wildman–Crippen MR) is 113 cm³/mol.